The Morgan fingerprint density at radius 2 is 2.06 bits per heavy atom. The minimum atomic E-state index is -1.21. The van der Waals surface area contributed by atoms with Gasteiger partial charge in [-0.05, 0) is 12.8 Å². The van der Waals surface area contributed by atoms with Crippen LogP contribution in [-0.2, 0) is 9.53 Å². The summed E-state index contributed by atoms with van der Waals surface area (Å²) in [5.41, 5.74) is 4.46. The second-order valence-electron chi connectivity index (χ2n) is 3.81. The van der Waals surface area contributed by atoms with Gasteiger partial charge in [-0.15, -0.1) is 0 Å². The molecule has 0 aliphatic carbocycles. The van der Waals surface area contributed by atoms with Crippen LogP contribution in [0.2, 0.25) is 0 Å². The summed E-state index contributed by atoms with van der Waals surface area (Å²) in [7, 11) is 0. The Hall–Kier alpha value is -1.56. The molecule has 1 rings (SSSR count). The van der Waals surface area contributed by atoms with Crippen molar-refractivity contribution in [3.8, 4) is 0 Å². The number of carbonyl (C=O) groups excluding carboxylic acids is 1. The van der Waals surface area contributed by atoms with Crippen molar-refractivity contribution in [2.24, 2.45) is 5.73 Å². The Morgan fingerprint density at radius 1 is 1.50 bits per heavy atom. The van der Waals surface area contributed by atoms with E-state index in [0.29, 0.717) is 13.1 Å². The fourth-order valence-corrected chi connectivity index (χ4v) is 1.52. The van der Waals surface area contributed by atoms with Gasteiger partial charge in [0.1, 0.15) is 12.1 Å². The number of hydrogen-bond acceptors (Lipinski definition) is 4. The molecule has 1 saturated heterocycles. The third-order valence-electron chi connectivity index (χ3n) is 2.66. The predicted molar refractivity (Wildman–Crippen MR) is 56.9 cm³/mol. The number of nitrogens with two attached hydrogens (primary N) is 1. The van der Waals surface area contributed by atoms with Crippen molar-refractivity contribution in [2.75, 3.05) is 19.7 Å². The van der Waals surface area contributed by atoms with Gasteiger partial charge in [0.05, 0.1) is 0 Å². The average molecular weight is 228 g/mol. The number of hydrogen-bond donors (Lipinski definition) is 2. The van der Waals surface area contributed by atoms with Gasteiger partial charge < -0.3 is 20.5 Å². The predicted octanol–water partition coefficient (Wildman–Crippen LogP) is 0.187. The number of likely N-dealkylation sites (tertiary alicyclic amines) is 1. The Morgan fingerprint density at radius 3 is 2.50 bits per heavy atom. The number of piperidine rings is 1. The van der Waals surface area contributed by atoms with E-state index in [1.807, 2.05) is 0 Å². The van der Waals surface area contributed by atoms with Crippen molar-refractivity contribution in [3.63, 3.8) is 0 Å². The van der Waals surface area contributed by atoms with E-state index in [9.17, 15) is 9.59 Å². The third kappa shape index (κ3) is 2.73. The molecule has 0 aromatic rings. The zero-order valence-corrected chi connectivity index (χ0v) is 9.02. The van der Waals surface area contributed by atoms with Crippen LogP contribution in [-0.4, -0.2) is 47.3 Å². The molecule has 1 fully saturated rings. The van der Waals surface area contributed by atoms with E-state index >= 15 is 0 Å². The standard InChI is InChI=1S/C10H16N2O4/c1-2-7-16-9(15)12-5-3-10(11,4-6-12)8(13)14/h2H,1,3-7,11H2,(H,13,14). The molecule has 0 spiro atoms. The zero-order chi connectivity index (χ0) is 12.2. The maximum atomic E-state index is 11.4. The van der Waals surface area contributed by atoms with Gasteiger partial charge in [0.25, 0.3) is 0 Å². The van der Waals surface area contributed by atoms with Crippen LogP contribution in [0.1, 0.15) is 12.8 Å². The van der Waals surface area contributed by atoms with E-state index in [-0.39, 0.29) is 19.4 Å². The molecule has 6 heteroatoms. The summed E-state index contributed by atoms with van der Waals surface area (Å²) in [5, 5.41) is 8.89. The van der Waals surface area contributed by atoms with Crippen LogP contribution < -0.4 is 5.73 Å². The fraction of sp³-hybridized carbons (Fsp3) is 0.600. The van der Waals surface area contributed by atoms with Gasteiger partial charge in [0, 0.05) is 13.1 Å². The molecule has 3 N–H and O–H groups in total. The molecule has 0 atom stereocenters. The molecule has 0 aromatic heterocycles. The quantitative estimate of drug-likeness (QED) is 0.672. The Balaban J connectivity index is 2.45. The molecular weight excluding hydrogens is 212 g/mol. The van der Waals surface area contributed by atoms with Crippen molar-refractivity contribution in [2.45, 2.75) is 18.4 Å². The van der Waals surface area contributed by atoms with Gasteiger partial charge >= 0.3 is 12.1 Å². The highest BCUT2D eigenvalue weighted by molar-refractivity contribution is 5.79. The molecule has 1 amide bonds. The highest BCUT2D eigenvalue weighted by Crippen LogP contribution is 2.20. The Bertz CT molecular complexity index is 295. The Labute approximate surface area is 93.7 Å². The number of carbonyl (C=O) groups is 2. The minimum absolute atomic E-state index is 0.155. The normalized spacial score (nSPS) is 18.9. The van der Waals surface area contributed by atoms with Crippen LogP contribution in [0.5, 0.6) is 0 Å². The highest BCUT2D eigenvalue weighted by atomic mass is 16.6. The van der Waals surface area contributed by atoms with Crippen molar-refractivity contribution < 1.29 is 19.4 Å². The first-order valence-electron chi connectivity index (χ1n) is 5.04. The first kappa shape index (κ1) is 12.5. The van der Waals surface area contributed by atoms with Crippen LogP contribution in [0.4, 0.5) is 4.79 Å². The SMILES string of the molecule is C=CCOC(=O)N1CCC(N)(C(=O)O)CC1. The van der Waals surface area contributed by atoms with Crippen molar-refractivity contribution in [1.82, 2.24) is 4.90 Å². The highest BCUT2D eigenvalue weighted by Gasteiger charge is 2.39. The Kier molecular flexibility index (Phi) is 3.89. The first-order valence-corrected chi connectivity index (χ1v) is 5.04. The van der Waals surface area contributed by atoms with Gasteiger partial charge in [-0.1, -0.05) is 12.7 Å². The van der Waals surface area contributed by atoms with E-state index in [2.05, 4.69) is 6.58 Å². The summed E-state index contributed by atoms with van der Waals surface area (Å²) in [4.78, 5) is 23.7. The average Bonchev–Trinajstić information content (AvgIpc) is 2.26. The van der Waals surface area contributed by atoms with Gasteiger partial charge in [-0.25, -0.2) is 4.79 Å². The van der Waals surface area contributed by atoms with Gasteiger partial charge in [0.2, 0.25) is 0 Å². The maximum absolute atomic E-state index is 11.4. The van der Waals surface area contributed by atoms with E-state index in [1.165, 1.54) is 11.0 Å². The van der Waals surface area contributed by atoms with Crippen LogP contribution in [0.25, 0.3) is 0 Å². The molecule has 0 unspecified atom stereocenters. The summed E-state index contributed by atoms with van der Waals surface area (Å²) in [6.45, 7) is 4.19. The lowest BCUT2D eigenvalue weighted by atomic mass is 9.89. The molecule has 6 nitrogen and oxygen atoms in total. The topological polar surface area (TPSA) is 92.9 Å². The van der Waals surface area contributed by atoms with E-state index in [1.54, 1.807) is 0 Å². The van der Waals surface area contributed by atoms with E-state index < -0.39 is 17.6 Å². The van der Waals surface area contributed by atoms with E-state index in [4.69, 9.17) is 15.6 Å². The summed E-state index contributed by atoms with van der Waals surface area (Å²) in [6.07, 6.45) is 1.51. The summed E-state index contributed by atoms with van der Waals surface area (Å²) in [5.74, 6) is -1.02. The first-order chi connectivity index (χ1) is 7.49. The fourth-order valence-electron chi connectivity index (χ4n) is 1.52. The third-order valence-corrected chi connectivity index (χ3v) is 2.66. The number of carboxylic acid groups (broad SMARTS) is 1. The van der Waals surface area contributed by atoms with Crippen LogP contribution in [0, 0.1) is 0 Å². The van der Waals surface area contributed by atoms with Crippen molar-refractivity contribution >= 4 is 12.1 Å². The second kappa shape index (κ2) is 4.98. The zero-order valence-electron chi connectivity index (χ0n) is 9.02. The van der Waals surface area contributed by atoms with Gasteiger partial charge in [-0.3, -0.25) is 4.79 Å². The molecule has 90 valence electrons. The summed E-state index contributed by atoms with van der Waals surface area (Å²) < 4.78 is 4.84. The molecule has 1 heterocycles. The van der Waals surface area contributed by atoms with Crippen molar-refractivity contribution in [1.29, 1.82) is 0 Å². The smallest absolute Gasteiger partial charge is 0.410 e. The number of nitrogens with zero attached hydrogens (tertiary/aromatic N) is 1. The number of aliphatic carboxylic acids is 1. The van der Waals surface area contributed by atoms with Crippen molar-refractivity contribution in [3.05, 3.63) is 12.7 Å². The molecule has 1 aliphatic rings. The molecule has 1 aliphatic heterocycles. The monoisotopic (exact) mass is 228 g/mol. The minimum Gasteiger partial charge on any atom is -0.480 e. The maximum Gasteiger partial charge on any atom is 0.410 e. The molecular formula is C10H16N2O4. The number of rotatable bonds is 3. The molecule has 16 heavy (non-hydrogen) atoms. The lowest BCUT2D eigenvalue weighted by Crippen LogP contribution is -2.56. The van der Waals surface area contributed by atoms with Crippen LogP contribution >= 0.6 is 0 Å². The molecule has 0 saturated carbocycles. The summed E-state index contributed by atoms with van der Waals surface area (Å²) in [6, 6.07) is 0. The lowest BCUT2D eigenvalue weighted by molar-refractivity contribution is -0.145. The molecule has 0 radical (unpaired) electrons. The summed E-state index contributed by atoms with van der Waals surface area (Å²) >= 11 is 0. The largest absolute Gasteiger partial charge is 0.480 e. The van der Waals surface area contributed by atoms with Gasteiger partial charge in [0.15, 0.2) is 0 Å². The number of ether oxygens (including phenoxy) is 1. The molecule has 0 aromatic carbocycles. The second-order valence-corrected chi connectivity index (χ2v) is 3.81. The lowest BCUT2D eigenvalue weighted by Gasteiger charge is -2.35. The molecule has 0 bridgehead atoms. The van der Waals surface area contributed by atoms with Gasteiger partial charge in [-0.2, -0.15) is 0 Å². The van der Waals surface area contributed by atoms with E-state index in [0.717, 1.165) is 0 Å². The number of amides is 1. The van der Waals surface area contributed by atoms with Crippen LogP contribution in [0.3, 0.4) is 0 Å². The van der Waals surface area contributed by atoms with Crippen LogP contribution in [0.15, 0.2) is 12.7 Å². The number of carboxylic acids is 1.